The number of nitrogens with zero attached hydrogens (tertiary/aromatic N) is 5. The highest BCUT2D eigenvalue weighted by Gasteiger charge is 2.24. The molecule has 5 rings (SSSR count). The lowest BCUT2D eigenvalue weighted by Crippen LogP contribution is -2.16. The van der Waals surface area contributed by atoms with Gasteiger partial charge in [0.2, 0.25) is 0 Å². The van der Waals surface area contributed by atoms with Crippen molar-refractivity contribution >= 4 is 32.8 Å². The van der Waals surface area contributed by atoms with E-state index in [9.17, 15) is 12.8 Å². The Morgan fingerprint density at radius 1 is 1.12 bits per heavy atom. The fourth-order valence-electron chi connectivity index (χ4n) is 3.43. The van der Waals surface area contributed by atoms with Crippen LogP contribution in [0.25, 0.3) is 28.3 Å². The van der Waals surface area contributed by atoms with Crippen LogP contribution >= 0.6 is 11.6 Å². The molecule has 4 heterocycles. The van der Waals surface area contributed by atoms with Gasteiger partial charge in [-0.05, 0) is 25.1 Å². The molecule has 0 fully saturated rings. The number of sulfonamides is 1. The number of fused-ring (bicyclic) bond motifs is 1. The van der Waals surface area contributed by atoms with E-state index in [4.69, 9.17) is 11.6 Å². The summed E-state index contributed by atoms with van der Waals surface area (Å²) in [5, 5.41) is 0.0954. The van der Waals surface area contributed by atoms with Crippen LogP contribution in [0.1, 0.15) is 5.69 Å². The molecule has 0 atom stereocenters. The minimum absolute atomic E-state index is 0.0625. The first kappa shape index (κ1) is 21.9. The van der Waals surface area contributed by atoms with E-state index < -0.39 is 32.9 Å². The molecule has 13 heteroatoms. The minimum atomic E-state index is -4.26. The van der Waals surface area contributed by atoms with Crippen LogP contribution in [-0.2, 0) is 10.0 Å². The van der Waals surface area contributed by atoms with Gasteiger partial charge in [0.1, 0.15) is 22.7 Å². The number of rotatable bonds is 5. The van der Waals surface area contributed by atoms with Crippen LogP contribution in [0.15, 0.2) is 60.4 Å². The van der Waals surface area contributed by atoms with Crippen molar-refractivity contribution in [2.24, 2.45) is 0 Å². The minimum Gasteiger partial charge on any atom is -0.343 e. The predicted molar refractivity (Wildman–Crippen MR) is 121 cm³/mol. The summed E-state index contributed by atoms with van der Waals surface area (Å²) in [6.45, 7) is 1.47. The van der Waals surface area contributed by atoms with Gasteiger partial charge in [0.15, 0.2) is 11.6 Å². The zero-order valence-electron chi connectivity index (χ0n) is 17.3. The highest BCUT2D eigenvalue weighted by molar-refractivity contribution is 7.92. The molecule has 9 nitrogen and oxygen atoms in total. The van der Waals surface area contributed by atoms with Crippen LogP contribution in [0.3, 0.4) is 0 Å². The summed E-state index contributed by atoms with van der Waals surface area (Å²) in [5.74, 6) is -1.54. The van der Waals surface area contributed by atoms with Crippen LogP contribution in [0.2, 0.25) is 5.02 Å². The van der Waals surface area contributed by atoms with Crippen molar-refractivity contribution in [2.45, 2.75) is 11.8 Å². The Kier molecular flexibility index (Phi) is 5.25. The van der Waals surface area contributed by atoms with Gasteiger partial charge in [0.25, 0.3) is 10.0 Å². The van der Waals surface area contributed by atoms with Gasteiger partial charge in [0, 0.05) is 24.8 Å². The van der Waals surface area contributed by atoms with E-state index in [0.717, 1.165) is 12.1 Å². The maximum Gasteiger partial charge on any atom is 0.263 e. The second-order valence-corrected chi connectivity index (χ2v) is 9.31. The van der Waals surface area contributed by atoms with E-state index in [0.29, 0.717) is 17.0 Å². The molecular formula is C21H14ClF2N7O2S. The number of benzene rings is 1. The molecule has 0 aliphatic carbocycles. The quantitative estimate of drug-likeness (QED) is 0.372. The predicted octanol–water partition coefficient (Wildman–Crippen LogP) is 4.22. The van der Waals surface area contributed by atoms with E-state index in [1.165, 1.54) is 42.3 Å². The van der Waals surface area contributed by atoms with Crippen molar-refractivity contribution < 1.29 is 17.2 Å². The van der Waals surface area contributed by atoms with Crippen LogP contribution in [0.5, 0.6) is 0 Å². The largest absolute Gasteiger partial charge is 0.343 e. The molecule has 34 heavy (non-hydrogen) atoms. The lowest BCUT2D eigenvalue weighted by atomic mass is 10.1. The summed E-state index contributed by atoms with van der Waals surface area (Å²) in [6, 6.07) is 3.14. The fraction of sp³-hybridized carbons (Fsp3) is 0.0476. The van der Waals surface area contributed by atoms with Crippen LogP contribution in [-0.4, -0.2) is 37.7 Å². The summed E-state index contributed by atoms with van der Waals surface area (Å²) < 4.78 is 59.4. The summed E-state index contributed by atoms with van der Waals surface area (Å²) in [6.07, 6.45) is 8.75. The second kappa shape index (κ2) is 8.15. The number of halogens is 3. The Bertz CT molecular complexity index is 1650. The molecular weight excluding hydrogens is 488 g/mol. The number of nitrogens with one attached hydrogen (secondary N) is 2. The highest BCUT2D eigenvalue weighted by Crippen LogP contribution is 2.32. The number of hydrogen-bond donors (Lipinski definition) is 2. The number of anilines is 1. The maximum atomic E-state index is 15.4. The van der Waals surface area contributed by atoms with Gasteiger partial charge in [0.05, 0.1) is 39.4 Å². The number of hydrogen-bond acceptors (Lipinski definition) is 6. The van der Waals surface area contributed by atoms with Crippen LogP contribution < -0.4 is 4.72 Å². The van der Waals surface area contributed by atoms with E-state index in [1.54, 1.807) is 12.4 Å². The van der Waals surface area contributed by atoms with Crippen molar-refractivity contribution in [1.29, 1.82) is 0 Å². The first-order valence-corrected chi connectivity index (χ1v) is 11.6. The van der Waals surface area contributed by atoms with Gasteiger partial charge in [-0.2, -0.15) is 0 Å². The van der Waals surface area contributed by atoms with E-state index >= 15 is 4.39 Å². The molecule has 0 aliphatic heterocycles. The van der Waals surface area contributed by atoms with Gasteiger partial charge >= 0.3 is 0 Å². The molecule has 4 aromatic heterocycles. The Hall–Kier alpha value is -3.90. The monoisotopic (exact) mass is 501 g/mol. The SMILES string of the molecule is Cc1ncc(Cl)cc1S(=O)(=O)Nc1ccc(F)c(-c2cn3cnc(-c4ncc[nH]4)c3cn2)c1F. The molecule has 0 spiro atoms. The van der Waals surface area contributed by atoms with Crippen molar-refractivity contribution in [1.82, 2.24) is 29.3 Å². The second-order valence-electron chi connectivity index (χ2n) is 7.22. The maximum absolute atomic E-state index is 15.4. The molecule has 0 amide bonds. The molecule has 0 aliphatic rings. The Balaban J connectivity index is 1.56. The average molecular weight is 502 g/mol. The average Bonchev–Trinajstić information content (AvgIpc) is 3.47. The third kappa shape index (κ3) is 3.76. The molecule has 0 radical (unpaired) electrons. The smallest absolute Gasteiger partial charge is 0.263 e. The molecule has 0 saturated heterocycles. The van der Waals surface area contributed by atoms with Gasteiger partial charge < -0.3 is 9.38 Å². The summed E-state index contributed by atoms with van der Waals surface area (Å²) in [4.78, 5) is 19.2. The zero-order chi connectivity index (χ0) is 24.0. The number of H-pyrrole nitrogens is 1. The molecule has 5 aromatic rings. The van der Waals surface area contributed by atoms with Gasteiger partial charge in [-0.3, -0.25) is 14.7 Å². The van der Waals surface area contributed by atoms with E-state index in [2.05, 4.69) is 29.6 Å². The molecule has 0 saturated carbocycles. The Labute approximate surface area is 196 Å². The summed E-state index contributed by atoms with van der Waals surface area (Å²) in [7, 11) is -4.26. The molecule has 0 bridgehead atoms. The molecule has 0 unspecified atom stereocenters. The van der Waals surface area contributed by atoms with Crippen LogP contribution in [0, 0.1) is 18.6 Å². The fourth-order valence-corrected chi connectivity index (χ4v) is 4.93. The third-order valence-electron chi connectivity index (χ3n) is 5.03. The normalized spacial score (nSPS) is 11.8. The van der Waals surface area contributed by atoms with Gasteiger partial charge in [-0.25, -0.2) is 27.2 Å². The Morgan fingerprint density at radius 3 is 2.71 bits per heavy atom. The first-order valence-electron chi connectivity index (χ1n) is 9.70. The van der Waals surface area contributed by atoms with Gasteiger partial charge in [-0.15, -0.1) is 0 Å². The van der Waals surface area contributed by atoms with Crippen molar-refractivity contribution in [3.63, 3.8) is 0 Å². The van der Waals surface area contributed by atoms with E-state index in [1.807, 2.05) is 0 Å². The standard InChI is InChI=1S/C21H14ClF2N7O2S/c1-11-17(6-12(22)7-27-11)34(32,33)30-14-3-2-13(23)18(19(14)24)15-9-31-10-29-20(16(31)8-28-15)21-25-4-5-26-21/h2-10,30H,1H3,(H,25,26). The van der Waals surface area contributed by atoms with Gasteiger partial charge in [-0.1, -0.05) is 11.6 Å². The topological polar surface area (TPSA) is 118 Å². The lowest BCUT2D eigenvalue weighted by Gasteiger charge is -2.13. The number of aromatic amines is 1. The van der Waals surface area contributed by atoms with Crippen molar-refractivity contribution in [3.8, 4) is 22.8 Å². The number of imidazole rings is 2. The lowest BCUT2D eigenvalue weighted by molar-refractivity contribution is 0.586. The number of aromatic nitrogens is 6. The van der Waals surface area contributed by atoms with Crippen LogP contribution in [0.4, 0.5) is 14.5 Å². The summed E-state index contributed by atoms with van der Waals surface area (Å²) in [5.41, 5.74) is 0.208. The molecule has 2 N–H and O–H groups in total. The highest BCUT2D eigenvalue weighted by atomic mass is 35.5. The van der Waals surface area contributed by atoms with Crippen molar-refractivity contribution in [3.05, 3.63) is 77.9 Å². The molecule has 1 aromatic carbocycles. The molecule has 172 valence electrons. The van der Waals surface area contributed by atoms with E-state index in [-0.39, 0.29) is 21.3 Å². The number of pyridine rings is 1. The zero-order valence-corrected chi connectivity index (χ0v) is 18.9. The Morgan fingerprint density at radius 2 is 1.94 bits per heavy atom. The number of aryl methyl sites for hydroxylation is 1. The summed E-state index contributed by atoms with van der Waals surface area (Å²) >= 11 is 5.87. The third-order valence-corrected chi connectivity index (χ3v) is 6.72. The van der Waals surface area contributed by atoms with Crippen molar-refractivity contribution in [2.75, 3.05) is 4.72 Å². The first-order chi connectivity index (χ1) is 16.2.